The number of benzene rings is 1. The minimum atomic E-state index is 0.448. The molecule has 0 aliphatic carbocycles. The van der Waals surface area contributed by atoms with Crippen molar-refractivity contribution in [2.24, 2.45) is 0 Å². The number of hydrogen-bond donors (Lipinski definition) is 1. The van der Waals surface area contributed by atoms with Crippen molar-refractivity contribution in [1.29, 1.82) is 0 Å². The fourth-order valence-electron chi connectivity index (χ4n) is 2.40. The lowest BCUT2D eigenvalue weighted by Gasteiger charge is -2.23. The van der Waals surface area contributed by atoms with Gasteiger partial charge >= 0.3 is 0 Å². The molecule has 0 aromatic heterocycles. The maximum absolute atomic E-state index is 3.45. The van der Waals surface area contributed by atoms with Crippen LogP contribution in [0, 0.1) is 0 Å². The molecule has 1 aromatic rings. The summed E-state index contributed by atoms with van der Waals surface area (Å²) in [6, 6.07) is 9.53. The Labute approximate surface area is 115 Å². The van der Waals surface area contributed by atoms with Crippen molar-refractivity contribution in [3.63, 3.8) is 0 Å². The Morgan fingerprint density at radius 1 is 1.22 bits per heavy atom. The van der Waals surface area contributed by atoms with E-state index in [0.29, 0.717) is 6.04 Å². The van der Waals surface area contributed by atoms with Gasteiger partial charge in [-0.3, -0.25) is 0 Å². The van der Waals surface area contributed by atoms with Gasteiger partial charge < -0.3 is 10.2 Å². The number of hydrogen-bond acceptors (Lipinski definition) is 3. The Kier molecular flexibility index (Phi) is 5.39. The maximum atomic E-state index is 3.45. The van der Waals surface area contributed by atoms with Gasteiger partial charge in [-0.15, -0.1) is 0 Å². The highest BCUT2D eigenvalue weighted by atomic mass is 32.2. The van der Waals surface area contributed by atoms with E-state index in [9.17, 15) is 0 Å². The molecule has 1 atom stereocenters. The van der Waals surface area contributed by atoms with Crippen LogP contribution in [0.2, 0.25) is 0 Å². The van der Waals surface area contributed by atoms with E-state index in [0.717, 1.165) is 6.54 Å². The fourth-order valence-corrected chi connectivity index (χ4v) is 3.29. The van der Waals surface area contributed by atoms with Crippen LogP contribution in [0.5, 0.6) is 0 Å². The molecule has 1 saturated heterocycles. The van der Waals surface area contributed by atoms with Crippen LogP contribution in [0.4, 0.5) is 5.69 Å². The predicted molar refractivity (Wildman–Crippen MR) is 82.7 cm³/mol. The quantitative estimate of drug-likeness (QED) is 0.898. The summed E-state index contributed by atoms with van der Waals surface area (Å²) in [6.07, 6.45) is 1.31. The van der Waals surface area contributed by atoms with E-state index in [1.165, 1.54) is 42.3 Å². The zero-order chi connectivity index (χ0) is 12.8. The molecule has 1 aliphatic heterocycles. The Morgan fingerprint density at radius 2 is 2.00 bits per heavy atom. The molecule has 1 fully saturated rings. The summed E-state index contributed by atoms with van der Waals surface area (Å²) in [6.45, 7) is 7.79. The predicted octanol–water partition coefficient (Wildman–Crippen LogP) is 3.30. The maximum Gasteiger partial charge on any atom is 0.0366 e. The van der Waals surface area contributed by atoms with Crippen LogP contribution in [0.1, 0.15) is 31.9 Å². The molecule has 2 nitrogen and oxygen atoms in total. The molecule has 0 bridgehead atoms. The first kappa shape index (κ1) is 13.8. The van der Waals surface area contributed by atoms with E-state index < -0.39 is 0 Å². The Morgan fingerprint density at radius 3 is 2.72 bits per heavy atom. The number of nitrogens with one attached hydrogen (secondary N) is 1. The molecule has 0 saturated carbocycles. The first-order valence-electron chi connectivity index (χ1n) is 6.97. The lowest BCUT2D eigenvalue weighted by molar-refractivity contribution is 0.598. The molecular weight excluding hydrogens is 240 g/mol. The Bertz CT molecular complexity index is 342. The lowest BCUT2D eigenvalue weighted by atomic mass is 10.1. The molecule has 0 spiro atoms. The summed E-state index contributed by atoms with van der Waals surface area (Å²) >= 11 is 2.08. The van der Waals surface area contributed by atoms with Gasteiger partial charge in [0.05, 0.1) is 0 Å². The van der Waals surface area contributed by atoms with Gasteiger partial charge in [0.25, 0.3) is 0 Å². The summed E-state index contributed by atoms with van der Waals surface area (Å²) in [5.74, 6) is 2.57. The first-order valence-corrected chi connectivity index (χ1v) is 8.12. The molecule has 2 rings (SSSR count). The summed E-state index contributed by atoms with van der Waals surface area (Å²) < 4.78 is 0. The van der Waals surface area contributed by atoms with Gasteiger partial charge in [-0.2, -0.15) is 11.8 Å². The lowest BCUT2D eigenvalue weighted by Crippen LogP contribution is -2.25. The van der Waals surface area contributed by atoms with Crippen LogP contribution in [-0.4, -0.2) is 31.1 Å². The van der Waals surface area contributed by atoms with Gasteiger partial charge in [0.2, 0.25) is 0 Å². The van der Waals surface area contributed by atoms with Crippen LogP contribution in [0.25, 0.3) is 0 Å². The van der Waals surface area contributed by atoms with E-state index in [1.807, 2.05) is 0 Å². The van der Waals surface area contributed by atoms with Gasteiger partial charge in [-0.25, -0.2) is 0 Å². The minimum Gasteiger partial charge on any atom is -0.371 e. The van der Waals surface area contributed by atoms with E-state index in [1.54, 1.807) is 0 Å². The third-order valence-electron chi connectivity index (χ3n) is 3.49. The fraction of sp³-hybridized carbons (Fsp3) is 0.600. The molecule has 3 heteroatoms. The van der Waals surface area contributed by atoms with Crippen LogP contribution in [0.3, 0.4) is 0 Å². The summed E-state index contributed by atoms with van der Waals surface area (Å²) in [5.41, 5.74) is 2.76. The van der Waals surface area contributed by atoms with Gasteiger partial charge in [-0.1, -0.05) is 19.1 Å². The van der Waals surface area contributed by atoms with Crippen molar-refractivity contribution in [2.45, 2.75) is 26.3 Å². The Hall–Kier alpha value is -0.670. The van der Waals surface area contributed by atoms with Crippen molar-refractivity contribution in [1.82, 2.24) is 5.32 Å². The van der Waals surface area contributed by atoms with Crippen molar-refractivity contribution in [2.75, 3.05) is 36.0 Å². The number of anilines is 1. The molecule has 100 valence electrons. The van der Waals surface area contributed by atoms with Crippen molar-refractivity contribution < 1.29 is 0 Å². The normalized spacial score (nSPS) is 18.4. The summed E-state index contributed by atoms with van der Waals surface area (Å²) in [5, 5.41) is 3.45. The van der Waals surface area contributed by atoms with Crippen molar-refractivity contribution >= 4 is 17.4 Å². The number of thioether (sulfide) groups is 1. The van der Waals surface area contributed by atoms with E-state index in [4.69, 9.17) is 0 Å². The second-order valence-corrected chi connectivity index (χ2v) is 6.05. The van der Waals surface area contributed by atoms with Gasteiger partial charge in [0.15, 0.2) is 0 Å². The zero-order valence-electron chi connectivity index (χ0n) is 11.5. The van der Waals surface area contributed by atoms with Gasteiger partial charge in [-0.05, 0) is 43.3 Å². The second-order valence-electron chi connectivity index (χ2n) is 4.82. The molecule has 0 radical (unpaired) electrons. The minimum absolute atomic E-state index is 0.448. The third-order valence-corrected chi connectivity index (χ3v) is 4.54. The number of rotatable bonds is 4. The summed E-state index contributed by atoms with van der Waals surface area (Å²) in [7, 11) is 0. The molecule has 0 amide bonds. The highest BCUT2D eigenvalue weighted by Crippen LogP contribution is 2.21. The van der Waals surface area contributed by atoms with Crippen molar-refractivity contribution in [3.8, 4) is 0 Å². The van der Waals surface area contributed by atoms with E-state index in [2.05, 4.69) is 60.1 Å². The van der Waals surface area contributed by atoms with Crippen LogP contribution in [-0.2, 0) is 0 Å². The van der Waals surface area contributed by atoms with Gasteiger partial charge in [0, 0.05) is 30.6 Å². The molecule has 18 heavy (non-hydrogen) atoms. The second kappa shape index (κ2) is 7.05. The number of nitrogens with zero attached hydrogens (tertiary/aromatic N) is 1. The van der Waals surface area contributed by atoms with E-state index >= 15 is 0 Å². The molecule has 1 aliphatic rings. The SMILES string of the molecule is CCNC(C)c1ccc(N2CCCSCC2)cc1. The Balaban J connectivity index is 2.01. The molecule has 1 N–H and O–H groups in total. The monoisotopic (exact) mass is 264 g/mol. The highest BCUT2D eigenvalue weighted by Gasteiger charge is 2.10. The van der Waals surface area contributed by atoms with Crippen molar-refractivity contribution in [3.05, 3.63) is 29.8 Å². The van der Waals surface area contributed by atoms with Crippen LogP contribution >= 0.6 is 11.8 Å². The average molecular weight is 264 g/mol. The molecule has 1 unspecified atom stereocenters. The van der Waals surface area contributed by atoms with E-state index in [-0.39, 0.29) is 0 Å². The van der Waals surface area contributed by atoms with Crippen LogP contribution < -0.4 is 10.2 Å². The van der Waals surface area contributed by atoms with Gasteiger partial charge in [0.1, 0.15) is 0 Å². The topological polar surface area (TPSA) is 15.3 Å². The smallest absolute Gasteiger partial charge is 0.0366 e. The third kappa shape index (κ3) is 3.66. The van der Waals surface area contributed by atoms with Crippen LogP contribution in [0.15, 0.2) is 24.3 Å². The highest BCUT2D eigenvalue weighted by molar-refractivity contribution is 7.99. The first-order chi connectivity index (χ1) is 8.81. The molecule has 1 aromatic carbocycles. The molecular formula is C15H24N2S. The summed E-state index contributed by atoms with van der Waals surface area (Å²) in [4.78, 5) is 2.52. The zero-order valence-corrected chi connectivity index (χ0v) is 12.3. The standard InChI is InChI=1S/C15H24N2S/c1-3-16-13(2)14-5-7-15(8-6-14)17-9-4-11-18-12-10-17/h5-8,13,16H,3-4,9-12H2,1-2H3. The largest absolute Gasteiger partial charge is 0.371 e. The average Bonchev–Trinajstić information content (AvgIpc) is 2.68. The molecule has 1 heterocycles.